The average Bonchev–Trinajstić information content (AvgIpc) is 3.11. The van der Waals surface area contributed by atoms with Crippen LogP contribution in [0.2, 0.25) is 0 Å². The number of hydrogen-bond donors (Lipinski definition) is 1. The summed E-state index contributed by atoms with van der Waals surface area (Å²) >= 11 is 0. The Hall–Kier alpha value is -3.12. The van der Waals surface area contributed by atoms with Gasteiger partial charge in [-0.1, -0.05) is 18.2 Å². The van der Waals surface area contributed by atoms with Gasteiger partial charge < -0.3 is 19.2 Å². The average molecular weight is 353 g/mol. The number of carbonyl (C=O) groups excluding carboxylic acids is 2. The number of amides is 1. The molecule has 0 unspecified atom stereocenters. The second-order valence-corrected chi connectivity index (χ2v) is 5.69. The summed E-state index contributed by atoms with van der Waals surface area (Å²) in [7, 11) is 2.88. The monoisotopic (exact) mass is 353 g/mol. The van der Waals surface area contributed by atoms with Crippen LogP contribution in [0.1, 0.15) is 32.6 Å². The van der Waals surface area contributed by atoms with Crippen molar-refractivity contribution in [1.29, 1.82) is 0 Å². The number of carbonyl (C=O) groups is 2. The van der Waals surface area contributed by atoms with Crippen LogP contribution in [0.25, 0.3) is 11.0 Å². The highest BCUT2D eigenvalue weighted by Gasteiger charge is 2.17. The van der Waals surface area contributed by atoms with Crippen LogP contribution in [0, 0.1) is 0 Å². The van der Waals surface area contributed by atoms with Crippen molar-refractivity contribution in [2.45, 2.75) is 6.10 Å². The van der Waals surface area contributed by atoms with Gasteiger partial charge >= 0.3 is 5.97 Å². The molecule has 0 spiro atoms. The summed E-state index contributed by atoms with van der Waals surface area (Å²) in [6, 6.07) is 15.8. The van der Waals surface area contributed by atoms with Crippen LogP contribution in [0.15, 0.2) is 59.0 Å². The van der Waals surface area contributed by atoms with Crippen LogP contribution in [-0.2, 0) is 9.47 Å². The van der Waals surface area contributed by atoms with E-state index < -0.39 is 12.1 Å². The number of hydrogen-bond acceptors (Lipinski definition) is 5. The molecule has 0 aliphatic heterocycles. The molecule has 1 N–H and O–H groups in total. The molecular weight excluding hydrogens is 334 g/mol. The first-order valence-corrected chi connectivity index (χ1v) is 8.10. The van der Waals surface area contributed by atoms with Crippen LogP contribution in [-0.4, -0.2) is 32.6 Å². The molecule has 0 aliphatic rings. The van der Waals surface area contributed by atoms with Crippen molar-refractivity contribution in [3.05, 3.63) is 71.5 Å². The molecule has 26 heavy (non-hydrogen) atoms. The molecule has 1 heterocycles. The number of benzene rings is 2. The van der Waals surface area contributed by atoms with E-state index in [1.165, 1.54) is 7.11 Å². The molecule has 134 valence electrons. The Labute approximate surface area is 150 Å². The van der Waals surface area contributed by atoms with Crippen molar-refractivity contribution in [3.63, 3.8) is 0 Å². The Balaban J connectivity index is 1.66. The Bertz CT molecular complexity index is 880. The lowest BCUT2D eigenvalue weighted by atomic mass is 10.1. The minimum atomic E-state index is -0.443. The van der Waals surface area contributed by atoms with Crippen LogP contribution >= 0.6 is 0 Å². The Kier molecular flexibility index (Phi) is 5.34. The van der Waals surface area contributed by atoms with Crippen molar-refractivity contribution in [1.82, 2.24) is 5.32 Å². The van der Waals surface area contributed by atoms with E-state index in [-0.39, 0.29) is 12.5 Å². The van der Waals surface area contributed by atoms with Gasteiger partial charge in [-0.3, -0.25) is 4.79 Å². The number of rotatable bonds is 6. The Morgan fingerprint density at radius 2 is 1.73 bits per heavy atom. The summed E-state index contributed by atoms with van der Waals surface area (Å²) in [6.45, 7) is 0.258. The zero-order valence-electron chi connectivity index (χ0n) is 14.5. The highest BCUT2D eigenvalue weighted by molar-refractivity contribution is 5.96. The molecule has 1 amide bonds. The summed E-state index contributed by atoms with van der Waals surface area (Å²) < 4.78 is 15.9. The highest BCUT2D eigenvalue weighted by atomic mass is 16.5. The summed E-state index contributed by atoms with van der Waals surface area (Å²) in [6.07, 6.45) is -0.402. The van der Waals surface area contributed by atoms with E-state index >= 15 is 0 Å². The summed E-state index contributed by atoms with van der Waals surface area (Å²) in [5.41, 5.74) is 1.60. The first kappa shape index (κ1) is 17.7. The van der Waals surface area contributed by atoms with E-state index in [9.17, 15) is 9.59 Å². The fourth-order valence-corrected chi connectivity index (χ4v) is 2.62. The van der Waals surface area contributed by atoms with Gasteiger partial charge in [-0.05, 0) is 36.4 Å². The molecule has 6 heteroatoms. The van der Waals surface area contributed by atoms with E-state index in [2.05, 4.69) is 10.1 Å². The third kappa shape index (κ3) is 3.75. The minimum absolute atomic E-state index is 0.258. The van der Waals surface area contributed by atoms with E-state index in [4.69, 9.17) is 9.15 Å². The lowest BCUT2D eigenvalue weighted by Crippen LogP contribution is -2.29. The summed E-state index contributed by atoms with van der Waals surface area (Å²) in [4.78, 5) is 23.7. The molecule has 1 atom stereocenters. The molecule has 0 fully saturated rings. The smallest absolute Gasteiger partial charge is 0.337 e. The van der Waals surface area contributed by atoms with Gasteiger partial charge in [0.15, 0.2) is 0 Å². The van der Waals surface area contributed by atoms with Crippen LogP contribution in [0.3, 0.4) is 0 Å². The van der Waals surface area contributed by atoms with E-state index in [0.717, 1.165) is 11.0 Å². The molecule has 0 radical (unpaired) electrons. The summed E-state index contributed by atoms with van der Waals surface area (Å²) in [5.74, 6) is -0.0593. The van der Waals surface area contributed by atoms with Gasteiger partial charge in [0.25, 0.3) is 5.91 Å². The van der Waals surface area contributed by atoms with Crippen LogP contribution < -0.4 is 5.32 Å². The van der Waals surface area contributed by atoms with Crippen molar-refractivity contribution in [2.24, 2.45) is 0 Å². The van der Waals surface area contributed by atoms with Crippen LogP contribution in [0.4, 0.5) is 0 Å². The van der Waals surface area contributed by atoms with Gasteiger partial charge in [-0.15, -0.1) is 0 Å². The SMILES string of the molecule is COC(=O)c1ccc(C(=O)NC[C@H](OC)c2cc3ccccc3o2)cc1. The molecule has 0 saturated heterocycles. The van der Waals surface area contributed by atoms with E-state index in [0.29, 0.717) is 16.9 Å². The molecule has 3 aromatic rings. The third-order valence-electron chi connectivity index (χ3n) is 4.06. The normalized spacial score (nSPS) is 11.9. The molecule has 3 rings (SSSR count). The van der Waals surface area contributed by atoms with Crippen molar-refractivity contribution < 1.29 is 23.5 Å². The van der Waals surface area contributed by atoms with E-state index in [1.54, 1.807) is 31.4 Å². The quantitative estimate of drug-likeness (QED) is 0.688. The number of furan rings is 1. The molecule has 6 nitrogen and oxygen atoms in total. The molecule has 0 bridgehead atoms. The molecule has 2 aromatic carbocycles. The largest absolute Gasteiger partial charge is 0.465 e. The standard InChI is InChI=1S/C20H19NO5/c1-24-18(17-11-15-5-3-4-6-16(15)26-17)12-21-19(22)13-7-9-14(10-8-13)20(23)25-2/h3-11,18H,12H2,1-2H3,(H,21,22)/t18-/m0/s1. The maximum Gasteiger partial charge on any atom is 0.337 e. The topological polar surface area (TPSA) is 77.8 Å². The lowest BCUT2D eigenvalue weighted by Gasteiger charge is -2.14. The molecular formula is C20H19NO5. The molecule has 1 aromatic heterocycles. The van der Waals surface area contributed by atoms with Gasteiger partial charge in [-0.2, -0.15) is 0 Å². The van der Waals surface area contributed by atoms with Gasteiger partial charge in [-0.25, -0.2) is 4.79 Å². The first-order chi connectivity index (χ1) is 12.6. The van der Waals surface area contributed by atoms with Gasteiger partial charge in [0.05, 0.1) is 19.2 Å². The Morgan fingerprint density at radius 1 is 1.04 bits per heavy atom. The number of esters is 1. The van der Waals surface area contributed by atoms with Crippen molar-refractivity contribution in [3.8, 4) is 0 Å². The maximum atomic E-state index is 12.3. The lowest BCUT2D eigenvalue weighted by molar-refractivity contribution is 0.0600. The maximum absolute atomic E-state index is 12.3. The van der Waals surface area contributed by atoms with Gasteiger partial charge in [0.1, 0.15) is 17.4 Å². The third-order valence-corrected chi connectivity index (χ3v) is 4.06. The van der Waals surface area contributed by atoms with Gasteiger partial charge in [0.2, 0.25) is 0 Å². The second-order valence-electron chi connectivity index (χ2n) is 5.69. The molecule has 0 aliphatic carbocycles. The first-order valence-electron chi connectivity index (χ1n) is 8.10. The highest BCUT2D eigenvalue weighted by Crippen LogP contribution is 2.25. The number of nitrogens with one attached hydrogen (secondary N) is 1. The zero-order chi connectivity index (χ0) is 18.5. The fraction of sp³-hybridized carbons (Fsp3) is 0.200. The molecule has 0 saturated carbocycles. The fourth-order valence-electron chi connectivity index (χ4n) is 2.62. The summed E-state index contributed by atoms with van der Waals surface area (Å²) in [5, 5.41) is 3.80. The van der Waals surface area contributed by atoms with Crippen molar-refractivity contribution in [2.75, 3.05) is 20.8 Å². The number of fused-ring (bicyclic) bond motifs is 1. The minimum Gasteiger partial charge on any atom is -0.465 e. The Morgan fingerprint density at radius 3 is 2.38 bits per heavy atom. The van der Waals surface area contributed by atoms with Gasteiger partial charge in [0, 0.05) is 18.1 Å². The number of ether oxygens (including phenoxy) is 2. The second kappa shape index (κ2) is 7.84. The van der Waals surface area contributed by atoms with Crippen molar-refractivity contribution >= 4 is 22.8 Å². The van der Waals surface area contributed by atoms with Crippen LogP contribution in [0.5, 0.6) is 0 Å². The number of methoxy groups -OCH3 is 2. The predicted molar refractivity (Wildman–Crippen MR) is 96.1 cm³/mol. The zero-order valence-corrected chi connectivity index (χ0v) is 14.5. The van der Waals surface area contributed by atoms with E-state index in [1.807, 2.05) is 30.3 Å². The number of para-hydroxylation sites is 1. The predicted octanol–water partition coefficient (Wildman–Crippen LogP) is 3.34.